The van der Waals surface area contributed by atoms with E-state index in [1.165, 1.54) is 33.1 Å². The van der Waals surface area contributed by atoms with Gasteiger partial charge in [-0.05, 0) is 111 Å². The SMILES string of the molecule is C.C.CB1OCc2cc(Oc3ccc(CO)cc3)ccc21.CB1OCc2cc(Oc3cccc(CO)c3)ccc21.CB1OCc2cc(Oc3ccccc3CO)ccc21. The van der Waals surface area contributed by atoms with Gasteiger partial charge in [-0.25, -0.2) is 0 Å². The van der Waals surface area contributed by atoms with Crippen LogP contribution in [0.25, 0.3) is 0 Å². The summed E-state index contributed by atoms with van der Waals surface area (Å²) in [7, 11) is 0. The summed E-state index contributed by atoms with van der Waals surface area (Å²) in [5.41, 5.74) is 9.75. The van der Waals surface area contributed by atoms with Crippen LogP contribution < -0.4 is 30.6 Å². The van der Waals surface area contributed by atoms with Crippen LogP contribution in [0.4, 0.5) is 0 Å². The van der Waals surface area contributed by atoms with Crippen molar-refractivity contribution in [2.75, 3.05) is 0 Å². The molecule has 0 bridgehead atoms. The van der Waals surface area contributed by atoms with Crippen molar-refractivity contribution in [3.05, 3.63) is 161 Å². The fourth-order valence-electron chi connectivity index (χ4n) is 6.92. The molecule has 3 heterocycles. The molecular formula is C47H53B3O9. The van der Waals surface area contributed by atoms with E-state index in [2.05, 4.69) is 25.8 Å². The Bertz CT molecular complexity index is 2290. The lowest BCUT2D eigenvalue weighted by Crippen LogP contribution is -2.23. The van der Waals surface area contributed by atoms with E-state index in [4.69, 9.17) is 38.4 Å². The van der Waals surface area contributed by atoms with Gasteiger partial charge in [0.1, 0.15) is 34.5 Å². The van der Waals surface area contributed by atoms with Gasteiger partial charge in [-0.15, -0.1) is 0 Å². The van der Waals surface area contributed by atoms with Gasteiger partial charge in [0.05, 0.1) is 39.6 Å². The predicted octanol–water partition coefficient (Wildman–Crippen LogP) is 8.26. The largest absolute Gasteiger partial charge is 0.457 e. The minimum Gasteiger partial charge on any atom is -0.457 e. The Labute approximate surface area is 349 Å². The van der Waals surface area contributed by atoms with Gasteiger partial charge in [0.2, 0.25) is 0 Å². The standard InChI is InChI=1S/3C15H15BO3.2CH4/c1-16-15-7-6-14(8-12(15)10-18-16)19-13-4-2-11(9-17)3-5-13;1-16-15-6-5-14(8-12(15)10-18-16)19-13-4-2-3-11(7-13)9-17;1-16-14-7-6-13(8-12(14)10-18-16)19-15-5-3-2-4-11(15)9-17;;/h3*2-8,17H,9-10H2,1H3;2*1H4. The van der Waals surface area contributed by atoms with E-state index in [0.717, 1.165) is 45.4 Å². The fraction of sp³-hybridized carbons (Fsp3) is 0.234. The molecule has 9 nitrogen and oxygen atoms in total. The first-order valence-corrected chi connectivity index (χ1v) is 19.2. The minimum absolute atomic E-state index is 0. The van der Waals surface area contributed by atoms with E-state index in [9.17, 15) is 5.11 Å². The monoisotopic (exact) mass is 794 g/mol. The molecule has 0 aromatic heterocycles. The average Bonchev–Trinajstić information content (AvgIpc) is 3.93. The predicted molar refractivity (Wildman–Crippen MR) is 238 cm³/mol. The van der Waals surface area contributed by atoms with Crippen LogP contribution in [0, 0.1) is 0 Å². The van der Waals surface area contributed by atoms with Crippen LogP contribution in [-0.2, 0) is 53.6 Å². The zero-order chi connectivity index (χ0) is 39.7. The number of aliphatic hydroxyl groups is 3. The fourth-order valence-corrected chi connectivity index (χ4v) is 6.92. The quantitative estimate of drug-likeness (QED) is 0.125. The molecule has 0 aliphatic carbocycles. The molecule has 304 valence electrons. The molecular weight excluding hydrogens is 741 g/mol. The Kier molecular flexibility index (Phi) is 16.0. The summed E-state index contributed by atoms with van der Waals surface area (Å²) < 4.78 is 34.2. The zero-order valence-corrected chi connectivity index (χ0v) is 32.4. The molecule has 0 saturated heterocycles. The van der Waals surface area contributed by atoms with Gasteiger partial charge in [-0.3, -0.25) is 0 Å². The van der Waals surface area contributed by atoms with Crippen molar-refractivity contribution in [1.29, 1.82) is 0 Å². The Morgan fingerprint density at radius 2 is 0.881 bits per heavy atom. The minimum atomic E-state index is -0.0265. The summed E-state index contributed by atoms with van der Waals surface area (Å²) in [6.45, 7) is 8.63. The third-order valence-electron chi connectivity index (χ3n) is 10.2. The molecule has 12 heteroatoms. The summed E-state index contributed by atoms with van der Waals surface area (Å²) in [6.07, 6.45) is 0. The molecule has 0 unspecified atom stereocenters. The van der Waals surface area contributed by atoms with E-state index in [1.807, 2.05) is 122 Å². The van der Waals surface area contributed by atoms with Crippen LogP contribution in [0.2, 0.25) is 20.5 Å². The highest BCUT2D eigenvalue weighted by atomic mass is 16.5. The van der Waals surface area contributed by atoms with Crippen molar-refractivity contribution in [3.63, 3.8) is 0 Å². The van der Waals surface area contributed by atoms with E-state index < -0.39 is 0 Å². The zero-order valence-electron chi connectivity index (χ0n) is 32.4. The molecule has 0 saturated carbocycles. The molecule has 0 fully saturated rings. The smallest absolute Gasteiger partial charge is 0.324 e. The number of benzene rings is 6. The van der Waals surface area contributed by atoms with E-state index >= 15 is 0 Å². The van der Waals surface area contributed by atoms with Gasteiger partial charge in [-0.1, -0.05) is 96.0 Å². The molecule has 6 aromatic carbocycles. The Morgan fingerprint density at radius 1 is 0.441 bits per heavy atom. The van der Waals surface area contributed by atoms with Crippen molar-refractivity contribution < 1.29 is 43.5 Å². The molecule has 9 rings (SSSR count). The summed E-state index contributed by atoms with van der Waals surface area (Å²) in [5, 5.41) is 27.4. The molecule has 3 aliphatic rings. The topological polar surface area (TPSA) is 116 Å². The van der Waals surface area contributed by atoms with Gasteiger partial charge < -0.3 is 43.5 Å². The van der Waals surface area contributed by atoms with Crippen molar-refractivity contribution >= 4 is 37.1 Å². The number of para-hydroxylation sites is 1. The van der Waals surface area contributed by atoms with E-state index in [1.54, 1.807) is 0 Å². The number of hydrogen-bond donors (Lipinski definition) is 3. The maximum Gasteiger partial charge on any atom is 0.324 e. The molecule has 6 aromatic rings. The Balaban J connectivity index is 0.000000165. The van der Waals surface area contributed by atoms with Gasteiger partial charge >= 0.3 is 20.7 Å². The van der Waals surface area contributed by atoms with Crippen LogP contribution in [0.3, 0.4) is 0 Å². The average molecular weight is 794 g/mol. The molecule has 3 N–H and O–H groups in total. The Hall–Kier alpha value is -5.33. The third kappa shape index (κ3) is 11.2. The second-order valence-corrected chi connectivity index (χ2v) is 14.1. The lowest BCUT2D eigenvalue weighted by Gasteiger charge is -2.10. The highest BCUT2D eigenvalue weighted by Crippen LogP contribution is 2.28. The second-order valence-electron chi connectivity index (χ2n) is 14.1. The molecule has 0 amide bonds. The van der Waals surface area contributed by atoms with Gasteiger partial charge in [0.15, 0.2) is 0 Å². The van der Waals surface area contributed by atoms with Crippen LogP contribution in [0.1, 0.15) is 48.2 Å². The van der Waals surface area contributed by atoms with E-state index in [0.29, 0.717) is 25.6 Å². The highest BCUT2D eigenvalue weighted by Gasteiger charge is 2.25. The lowest BCUT2D eigenvalue weighted by atomic mass is 9.64. The normalized spacial score (nSPS) is 13.0. The van der Waals surface area contributed by atoms with Crippen LogP contribution in [0.5, 0.6) is 34.5 Å². The summed E-state index contributed by atoms with van der Waals surface area (Å²) >= 11 is 0. The molecule has 59 heavy (non-hydrogen) atoms. The van der Waals surface area contributed by atoms with Crippen LogP contribution in [-0.4, -0.2) is 36.1 Å². The Morgan fingerprint density at radius 3 is 1.37 bits per heavy atom. The number of rotatable bonds is 9. The van der Waals surface area contributed by atoms with Crippen LogP contribution in [0.15, 0.2) is 127 Å². The summed E-state index contributed by atoms with van der Waals surface area (Å²) in [6, 6.07) is 40.5. The summed E-state index contributed by atoms with van der Waals surface area (Å²) in [5.74, 6) is 4.58. The van der Waals surface area contributed by atoms with Crippen molar-refractivity contribution in [1.82, 2.24) is 0 Å². The summed E-state index contributed by atoms with van der Waals surface area (Å²) in [4.78, 5) is 0. The first-order chi connectivity index (χ1) is 27.8. The van der Waals surface area contributed by atoms with Crippen molar-refractivity contribution in [3.8, 4) is 34.5 Å². The molecule has 0 radical (unpaired) electrons. The van der Waals surface area contributed by atoms with Crippen LogP contribution >= 0.6 is 0 Å². The molecule has 0 spiro atoms. The van der Waals surface area contributed by atoms with Crippen molar-refractivity contribution in [2.45, 2.75) is 75.0 Å². The highest BCUT2D eigenvalue weighted by molar-refractivity contribution is 6.68. The number of ether oxygens (including phenoxy) is 3. The van der Waals surface area contributed by atoms with Gasteiger partial charge in [-0.2, -0.15) is 0 Å². The van der Waals surface area contributed by atoms with E-state index in [-0.39, 0.29) is 55.4 Å². The number of aliphatic hydroxyl groups excluding tert-OH is 3. The molecule has 0 atom stereocenters. The lowest BCUT2D eigenvalue weighted by molar-refractivity contribution is 0.276. The number of fused-ring (bicyclic) bond motifs is 3. The number of hydrogen-bond acceptors (Lipinski definition) is 9. The second kappa shape index (κ2) is 21.1. The maximum atomic E-state index is 9.29. The first kappa shape index (κ1) is 44.8. The maximum absolute atomic E-state index is 9.29. The third-order valence-corrected chi connectivity index (χ3v) is 10.2. The molecule has 3 aliphatic heterocycles. The van der Waals surface area contributed by atoms with Gasteiger partial charge in [0, 0.05) is 5.56 Å². The first-order valence-electron chi connectivity index (χ1n) is 19.2. The van der Waals surface area contributed by atoms with Gasteiger partial charge in [0.25, 0.3) is 0 Å². The van der Waals surface area contributed by atoms with Crippen molar-refractivity contribution in [2.24, 2.45) is 0 Å².